The third-order valence-electron chi connectivity index (χ3n) is 2.83. The van der Waals surface area contributed by atoms with Crippen molar-refractivity contribution in [3.8, 4) is 17.2 Å². The zero-order valence-electron chi connectivity index (χ0n) is 11.8. The van der Waals surface area contributed by atoms with E-state index in [1.54, 1.807) is 31.2 Å². The van der Waals surface area contributed by atoms with E-state index in [9.17, 15) is 9.90 Å². The highest BCUT2D eigenvalue weighted by molar-refractivity contribution is 6.43. The molecule has 116 valence electrons. The van der Waals surface area contributed by atoms with Gasteiger partial charge in [0.15, 0.2) is 0 Å². The second kappa shape index (κ2) is 7.38. The number of esters is 1. The molecule has 2 aromatic carbocycles. The molecule has 0 atom stereocenters. The van der Waals surface area contributed by atoms with Crippen molar-refractivity contribution in [1.82, 2.24) is 0 Å². The smallest absolute Gasteiger partial charge is 0.310 e. The van der Waals surface area contributed by atoms with Gasteiger partial charge in [0.05, 0.1) is 18.1 Å². The number of benzene rings is 2. The Bertz CT molecular complexity index is 669. The average molecular weight is 341 g/mol. The first kappa shape index (κ1) is 16.5. The van der Waals surface area contributed by atoms with Crippen LogP contribution >= 0.6 is 23.2 Å². The highest BCUT2D eigenvalue weighted by Crippen LogP contribution is 2.37. The summed E-state index contributed by atoms with van der Waals surface area (Å²) in [6, 6.07) is 9.51. The van der Waals surface area contributed by atoms with Crippen LogP contribution in [0.1, 0.15) is 12.5 Å². The Labute approximate surface area is 138 Å². The Morgan fingerprint density at radius 2 is 1.77 bits per heavy atom. The summed E-state index contributed by atoms with van der Waals surface area (Å²) in [7, 11) is 0. The first-order valence-electron chi connectivity index (χ1n) is 6.60. The monoisotopic (exact) mass is 340 g/mol. The molecule has 0 saturated heterocycles. The molecule has 2 aromatic rings. The van der Waals surface area contributed by atoms with Crippen LogP contribution in [0, 0.1) is 0 Å². The predicted molar refractivity (Wildman–Crippen MR) is 85.0 cm³/mol. The molecule has 0 aliphatic heterocycles. The number of hydrogen-bond acceptors (Lipinski definition) is 4. The van der Waals surface area contributed by atoms with Gasteiger partial charge in [-0.1, -0.05) is 29.3 Å². The third-order valence-corrected chi connectivity index (χ3v) is 3.74. The van der Waals surface area contributed by atoms with Crippen LogP contribution in [0.3, 0.4) is 0 Å². The molecule has 0 radical (unpaired) electrons. The summed E-state index contributed by atoms with van der Waals surface area (Å²) in [6.45, 7) is 2.05. The van der Waals surface area contributed by atoms with E-state index in [4.69, 9.17) is 32.7 Å². The number of carbonyl (C=O) groups is 1. The average Bonchev–Trinajstić information content (AvgIpc) is 2.49. The molecule has 0 unspecified atom stereocenters. The largest absolute Gasteiger partial charge is 0.508 e. The number of phenolic OH excluding ortho intramolecular Hbond substituents is 1. The summed E-state index contributed by atoms with van der Waals surface area (Å²) in [5, 5.41) is 9.71. The fraction of sp³-hybridized carbons (Fsp3) is 0.188. The van der Waals surface area contributed by atoms with Crippen molar-refractivity contribution in [3.63, 3.8) is 0 Å². The van der Waals surface area contributed by atoms with Gasteiger partial charge in [-0.25, -0.2) is 0 Å². The predicted octanol–water partition coefficient (Wildman–Crippen LogP) is 4.60. The highest BCUT2D eigenvalue weighted by atomic mass is 35.5. The lowest BCUT2D eigenvalue weighted by molar-refractivity contribution is -0.142. The van der Waals surface area contributed by atoms with E-state index in [1.165, 1.54) is 12.1 Å². The van der Waals surface area contributed by atoms with Gasteiger partial charge >= 0.3 is 5.97 Å². The molecule has 2 rings (SSSR count). The van der Waals surface area contributed by atoms with Gasteiger partial charge in [-0.05, 0) is 42.8 Å². The maximum atomic E-state index is 11.5. The van der Waals surface area contributed by atoms with Crippen LogP contribution in [-0.4, -0.2) is 17.7 Å². The molecular weight excluding hydrogens is 327 g/mol. The van der Waals surface area contributed by atoms with Gasteiger partial charge in [-0.3, -0.25) is 4.79 Å². The maximum absolute atomic E-state index is 11.5. The van der Waals surface area contributed by atoms with E-state index >= 15 is 0 Å². The number of halogens is 2. The minimum Gasteiger partial charge on any atom is -0.508 e. The van der Waals surface area contributed by atoms with E-state index in [0.29, 0.717) is 23.7 Å². The van der Waals surface area contributed by atoms with Gasteiger partial charge < -0.3 is 14.6 Å². The van der Waals surface area contributed by atoms with Gasteiger partial charge in [0.2, 0.25) is 0 Å². The summed E-state index contributed by atoms with van der Waals surface area (Å²) in [4.78, 5) is 11.5. The van der Waals surface area contributed by atoms with Crippen LogP contribution in [0.4, 0.5) is 0 Å². The molecule has 0 saturated carbocycles. The molecular formula is C16H14Cl2O4. The molecule has 0 heterocycles. The van der Waals surface area contributed by atoms with Crippen molar-refractivity contribution in [2.45, 2.75) is 13.3 Å². The van der Waals surface area contributed by atoms with Gasteiger partial charge in [0.1, 0.15) is 22.3 Å². The molecule has 0 bridgehead atoms. The van der Waals surface area contributed by atoms with Crippen molar-refractivity contribution < 1.29 is 19.4 Å². The van der Waals surface area contributed by atoms with Crippen LogP contribution < -0.4 is 4.74 Å². The lowest BCUT2D eigenvalue weighted by atomic mass is 10.1. The molecule has 1 N–H and O–H groups in total. The molecule has 0 fully saturated rings. The Morgan fingerprint density at radius 3 is 2.41 bits per heavy atom. The maximum Gasteiger partial charge on any atom is 0.310 e. The second-order valence-corrected chi connectivity index (χ2v) is 5.18. The van der Waals surface area contributed by atoms with E-state index in [-0.39, 0.29) is 28.2 Å². The molecule has 6 heteroatoms. The van der Waals surface area contributed by atoms with Gasteiger partial charge in [-0.15, -0.1) is 0 Å². The van der Waals surface area contributed by atoms with E-state index < -0.39 is 0 Å². The van der Waals surface area contributed by atoms with E-state index in [0.717, 1.165) is 0 Å². The SMILES string of the molecule is CCOC(=O)Cc1ccc(Oc2ccc(O)cc2)c(Cl)c1Cl. The summed E-state index contributed by atoms with van der Waals surface area (Å²) in [6.07, 6.45) is 0.0475. The molecule has 0 aliphatic carbocycles. The minimum absolute atomic E-state index is 0.0475. The number of hydrogen-bond donors (Lipinski definition) is 1. The minimum atomic E-state index is -0.368. The summed E-state index contributed by atoms with van der Waals surface area (Å²) >= 11 is 12.4. The number of phenols is 1. The second-order valence-electron chi connectivity index (χ2n) is 4.43. The lowest BCUT2D eigenvalue weighted by Crippen LogP contribution is -2.08. The van der Waals surface area contributed by atoms with E-state index in [1.807, 2.05) is 0 Å². The van der Waals surface area contributed by atoms with Crippen LogP contribution in [0.2, 0.25) is 10.0 Å². The van der Waals surface area contributed by atoms with Crippen LogP contribution in [-0.2, 0) is 16.0 Å². The van der Waals surface area contributed by atoms with Gasteiger partial charge in [-0.2, -0.15) is 0 Å². The summed E-state index contributed by atoms with van der Waals surface area (Å²) < 4.78 is 10.5. The Kier molecular flexibility index (Phi) is 5.52. The first-order valence-corrected chi connectivity index (χ1v) is 7.36. The number of aromatic hydroxyl groups is 1. The van der Waals surface area contributed by atoms with Crippen molar-refractivity contribution in [2.24, 2.45) is 0 Å². The zero-order chi connectivity index (χ0) is 16.1. The van der Waals surface area contributed by atoms with Gasteiger partial charge in [0, 0.05) is 0 Å². The molecule has 0 aliphatic rings. The molecule has 0 amide bonds. The van der Waals surface area contributed by atoms with Crippen molar-refractivity contribution >= 4 is 29.2 Å². The third kappa shape index (κ3) is 4.06. The van der Waals surface area contributed by atoms with Crippen molar-refractivity contribution in [2.75, 3.05) is 6.61 Å². The fourth-order valence-corrected chi connectivity index (χ4v) is 2.24. The normalized spacial score (nSPS) is 10.3. The zero-order valence-corrected chi connectivity index (χ0v) is 13.3. The van der Waals surface area contributed by atoms with Crippen LogP contribution in [0.25, 0.3) is 0 Å². The molecule has 4 nitrogen and oxygen atoms in total. The summed E-state index contributed by atoms with van der Waals surface area (Å²) in [5.41, 5.74) is 0.572. The Balaban J connectivity index is 2.19. The molecule has 0 aromatic heterocycles. The topological polar surface area (TPSA) is 55.8 Å². The summed E-state index contributed by atoms with van der Waals surface area (Å²) in [5.74, 6) is 0.646. The standard InChI is InChI=1S/C16H14Cl2O4/c1-2-21-14(20)9-10-3-8-13(16(18)15(10)17)22-12-6-4-11(19)5-7-12/h3-8,19H,2,9H2,1H3. The Morgan fingerprint density at radius 1 is 1.09 bits per heavy atom. The van der Waals surface area contributed by atoms with Crippen molar-refractivity contribution in [3.05, 3.63) is 52.0 Å². The lowest BCUT2D eigenvalue weighted by Gasteiger charge is -2.11. The first-order chi connectivity index (χ1) is 10.5. The fourth-order valence-electron chi connectivity index (χ4n) is 1.80. The van der Waals surface area contributed by atoms with Crippen LogP contribution in [0.15, 0.2) is 36.4 Å². The van der Waals surface area contributed by atoms with E-state index in [2.05, 4.69) is 0 Å². The Hall–Kier alpha value is -1.91. The van der Waals surface area contributed by atoms with Crippen molar-refractivity contribution in [1.29, 1.82) is 0 Å². The number of carbonyl (C=O) groups excluding carboxylic acids is 1. The molecule has 22 heavy (non-hydrogen) atoms. The molecule has 0 spiro atoms. The number of rotatable bonds is 5. The van der Waals surface area contributed by atoms with Crippen LogP contribution in [0.5, 0.6) is 17.2 Å². The van der Waals surface area contributed by atoms with Gasteiger partial charge in [0.25, 0.3) is 0 Å². The highest BCUT2D eigenvalue weighted by Gasteiger charge is 2.15. The number of ether oxygens (including phenoxy) is 2. The quantitative estimate of drug-likeness (QED) is 0.808.